The van der Waals surface area contributed by atoms with E-state index in [0.29, 0.717) is 15.7 Å². The molecule has 132 valence electrons. The number of carbonyl (C=O) groups excluding carboxylic acids is 1. The number of urea groups is 1. The Bertz CT molecular complexity index is 789. The highest BCUT2D eigenvalue weighted by molar-refractivity contribution is 6.35. The molecule has 10 heteroatoms. The third-order valence-electron chi connectivity index (χ3n) is 3.61. The van der Waals surface area contributed by atoms with Gasteiger partial charge in [0.2, 0.25) is 0 Å². The van der Waals surface area contributed by atoms with Crippen molar-refractivity contribution in [3.05, 3.63) is 52.0 Å². The van der Waals surface area contributed by atoms with Crippen LogP contribution in [0, 0.1) is 0 Å². The number of carbonyl (C=O) groups is 1. The second kappa shape index (κ2) is 6.68. The molecule has 1 N–H and O–H groups in total. The van der Waals surface area contributed by atoms with Gasteiger partial charge in [-0.15, -0.1) is 0 Å². The number of nitrogens with zero attached hydrogens (tertiary/aromatic N) is 3. The first-order valence-corrected chi connectivity index (χ1v) is 7.90. The lowest BCUT2D eigenvalue weighted by Gasteiger charge is -2.38. The van der Waals surface area contributed by atoms with Crippen LogP contribution in [-0.2, 0) is 6.18 Å². The fourth-order valence-electron chi connectivity index (χ4n) is 2.36. The Kier molecular flexibility index (Phi) is 4.75. The average Bonchev–Trinajstić information content (AvgIpc) is 2.44. The van der Waals surface area contributed by atoms with E-state index >= 15 is 0 Å². The predicted molar refractivity (Wildman–Crippen MR) is 86.8 cm³/mol. The number of amides is 2. The van der Waals surface area contributed by atoms with Crippen LogP contribution < -0.4 is 5.32 Å². The van der Waals surface area contributed by atoms with Crippen LogP contribution in [0.2, 0.25) is 10.0 Å². The maximum atomic E-state index is 12.7. The highest BCUT2D eigenvalue weighted by Crippen LogP contribution is 2.30. The molecule has 1 aromatic carbocycles. The Balaban J connectivity index is 1.61. The molecule has 0 unspecified atom stereocenters. The summed E-state index contributed by atoms with van der Waals surface area (Å²) in [6, 6.07) is 5.03. The van der Waals surface area contributed by atoms with E-state index < -0.39 is 17.9 Å². The first kappa shape index (κ1) is 17.8. The summed E-state index contributed by atoms with van der Waals surface area (Å²) < 4.78 is 38.0. The number of anilines is 1. The molecule has 1 aromatic heterocycles. The van der Waals surface area contributed by atoms with Gasteiger partial charge >= 0.3 is 12.2 Å². The van der Waals surface area contributed by atoms with Crippen molar-refractivity contribution < 1.29 is 18.0 Å². The third-order valence-corrected chi connectivity index (χ3v) is 4.05. The van der Waals surface area contributed by atoms with Gasteiger partial charge in [-0.1, -0.05) is 23.2 Å². The summed E-state index contributed by atoms with van der Waals surface area (Å²) in [5, 5.41) is 3.38. The number of benzene rings is 1. The molecular weight excluding hydrogens is 380 g/mol. The third kappa shape index (κ3) is 4.13. The van der Waals surface area contributed by atoms with Crippen LogP contribution >= 0.6 is 23.2 Å². The molecule has 0 spiro atoms. The zero-order chi connectivity index (χ0) is 18.2. The molecule has 5 nitrogen and oxygen atoms in total. The molecule has 1 saturated heterocycles. The largest absolute Gasteiger partial charge is 0.433 e. The topological polar surface area (TPSA) is 58.1 Å². The van der Waals surface area contributed by atoms with E-state index in [0.717, 1.165) is 12.3 Å². The molecule has 0 saturated carbocycles. The van der Waals surface area contributed by atoms with Gasteiger partial charge < -0.3 is 10.2 Å². The van der Waals surface area contributed by atoms with E-state index in [1.54, 1.807) is 12.1 Å². The summed E-state index contributed by atoms with van der Waals surface area (Å²) in [6.07, 6.45) is -3.45. The average molecular weight is 391 g/mol. The number of alkyl halides is 3. The first-order valence-electron chi connectivity index (χ1n) is 7.14. The molecule has 1 aliphatic heterocycles. The lowest BCUT2D eigenvalue weighted by Crippen LogP contribution is -2.50. The van der Waals surface area contributed by atoms with Crippen molar-refractivity contribution in [2.75, 3.05) is 18.4 Å². The number of hydrogen-bond donors (Lipinski definition) is 1. The van der Waals surface area contributed by atoms with E-state index in [2.05, 4.69) is 15.3 Å². The van der Waals surface area contributed by atoms with Gasteiger partial charge in [0.1, 0.15) is 11.5 Å². The predicted octanol–water partition coefficient (Wildman–Crippen LogP) is 4.43. The van der Waals surface area contributed by atoms with E-state index in [-0.39, 0.29) is 24.8 Å². The van der Waals surface area contributed by atoms with Crippen LogP contribution in [-0.4, -0.2) is 34.0 Å². The lowest BCUT2D eigenvalue weighted by molar-refractivity contribution is -0.141. The zero-order valence-corrected chi connectivity index (χ0v) is 14.0. The van der Waals surface area contributed by atoms with Gasteiger partial charge in [-0.05, 0) is 24.3 Å². The van der Waals surface area contributed by atoms with Crippen molar-refractivity contribution in [2.45, 2.75) is 12.1 Å². The molecule has 2 aromatic rings. The summed E-state index contributed by atoms with van der Waals surface area (Å²) in [6.45, 7) is 0.447. The molecule has 1 aliphatic rings. The fraction of sp³-hybridized carbons (Fsp3) is 0.267. The second-order valence-electron chi connectivity index (χ2n) is 5.49. The standard InChI is InChI=1S/C15H11Cl2F3N4O/c16-9-3-10(17)5-11(4-9)22-14(25)24-6-8(7-24)13-21-2-1-12(23-13)15(18,19)20/h1-5,8H,6-7H2,(H,22,25). The minimum absolute atomic E-state index is 0.0738. The van der Waals surface area contributed by atoms with Gasteiger partial charge in [-0.3, -0.25) is 0 Å². The summed E-state index contributed by atoms with van der Waals surface area (Å²) >= 11 is 11.7. The number of nitrogens with one attached hydrogen (secondary N) is 1. The highest BCUT2D eigenvalue weighted by atomic mass is 35.5. The summed E-state index contributed by atoms with van der Waals surface area (Å²) in [5.74, 6) is -0.263. The minimum Gasteiger partial charge on any atom is -0.323 e. The molecule has 0 atom stereocenters. The summed E-state index contributed by atoms with van der Waals surface area (Å²) in [4.78, 5) is 21.0. The smallest absolute Gasteiger partial charge is 0.323 e. The lowest BCUT2D eigenvalue weighted by atomic mass is 9.99. The molecule has 2 heterocycles. The quantitative estimate of drug-likeness (QED) is 0.824. The number of aromatic nitrogens is 2. The second-order valence-corrected chi connectivity index (χ2v) is 6.36. The van der Waals surface area contributed by atoms with Gasteiger partial charge in [-0.2, -0.15) is 13.2 Å². The van der Waals surface area contributed by atoms with E-state index in [4.69, 9.17) is 23.2 Å². The molecule has 0 bridgehead atoms. The maximum absolute atomic E-state index is 12.7. The van der Waals surface area contributed by atoms with Gasteiger partial charge in [0.25, 0.3) is 0 Å². The van der Waals surface area contributed by atoms with E-state index in [9.17, 15) is 18.0 Å². The van der Waals surface area contributed by atoms with Crippen LogP contribution in [0.3, 0.4) is 0 Å². The Hall–Kier alpha value is -2.06. The van der Waals surface area contributed by atoms with Crippen LogP contribution in [0.25, 0.3) is 0 Å². The van der Waals surface area contributed by atoms with Crippen LogP contribution in [0.15, 0.2) is 30.5 Å². The minimum atomic E-state index is -4.52. The highest BCUT2D eigenvalue weighted by Gasteiger charge is 2.37. The van der Waals surface area contributed by atoms with Gasteiger partial charge in [0.15, 0.2) is 0 Å². The maximum Gasteiger partial charge on any atom is 0.433 e. The SMILES string of the molecule is O=C(Nc1cc(Cl)cc(Cl)c1)N1CC(c2nccc(C(F)(F)F)n2)C1. The molecule has 2 amide bonds. The number of hydrogen-bond acceptors (Lipinski definition) is 3. The molecular formula is C15H11Cl2F3N4O. The molecule has 0 radical (unpaired) electrons. The van der Waals surface area contributed by atoms with Gasteiger partial charge in [0, 0.05) is 35.0 Å². The first-order chi connectivity index (χ1) is 11.7. The van der Waals surface area contributed by atoms with Gasteiger partial charge in [0.05, 0.1) is 5.92 Å². The van der Waals surface area contributed by atoms with Crippen molar-refractivity contribution in [3.63, 3.8) is 0 Å². The Labute approximate surface area is 150 Å². The van der Waals surface area contributed by atoms with Crippen molar-refractivity contribution in [1.29, 1.82) is 0 Å². The number of halogens is 5. The monoisotopic (exact) mass is 390 g/mol. The van der Waals surface area contributed by atoms with Crippen LogP contribution in [0.1, 0.15) is 17.4 Å². The summed E-state index contributed by atoms with van der Waals surface area (Å²) in [7, 11) is 0. The molecule has 1 fully saturated rings. The van der Waals surface area contributed by atoms with Crippen molar-refractivity contribution in [1.82, 2.24) is 14.9 Å². The zero-order valence-electron chi connectivity index (χ0n) is 12.5. The van der Waals surface area contributed by atoms with E-state index in [1.165, 1.54) is 11.0 Å². The Morgan fingerprint density at radius 3 is 2.44 bits per heavy atom. The summed E-state index contributed by atoms with van der Waals surface area (Å²) in [5.41, 5.74) is -0.560. The van der Waals surface area contributed by atoms with Crippen LogP contribution in [0.4, 0.5) is 23.7 Å². The van der Waals surface area contributed by atoms with Crippen molar-refractivity contribution in [2.24, 2.45) is 0 Å². The van der Waals surface area contributed by atoms with Crippen molar-refractivity contribution in [3.8, 4) is 0 Å². The van der Waals surface area contributed by atoms with Gasteiger partial charge in [-0.25, -0.2) is 14.8 Å². The fourth-order valence-corrected chi connectivity index (χ4v) is 2.89. The molecule has 3 rings (SSSR count). The van der Waals surface area contributed by atoms with E-state index in [1.807, 2.05) is 0 Å². The Morgan fingerprint density at radius 2 is 1.84 bits per heavy atom. The number of likely N-dealkylation sites (tertiary alicyclic amines) is 1. The number of rotatable bonds is 2. The van der Waals surface area contributed by atoms with Crippen LogP contribution in [0.5, 0.6) is 0 Å². The Morgan fingerprint density at radius 1 is 1.20 bits per heavy atom. The normalized spacial score (nSPS) is 15.0. The molecule has 25 heavy (non-hydrogen) atoms. The molecule has 0 aliphatic carbocycles. The van der Waals surface area contributed by atoms with Crippen molar-refractivity contribution >= 4 is 34.9 Å².